The summed E-state index contributed by atoms with van der Waals surface area (Å²) in [5.74, 6) is 2.21. The predicted octanol–water partition coefficient (Wildman–Crippen LogP) is 4.50. The third-order valence-corrected chi connectivity index (χ3v) is 4.44. The molecule has 2 aromatic rings. The van der Waals surface area contributed by atoms with E-state index >= 15 is 0 Å². The maximum Gasteiger partial charge on any atom is 0.220 e. The average Bonchev–Trinajstić information content (AvgIpc) is 2.66. The zero-order chi connectivity index (χ0) is 18.9. The monoisotopic (exact) mass is 421 g/mol. The quantitative estimate of drug-likeness (QED) is 0.605. The van der Waals surface area contributed by atoms with Crippen molar-refractivity contribution >= 4 is 21.8 Å². The van der Waals surface area contributed by atoms with Crippen molar-refractivity contribution in [2.24, 2.45) is 0 Å². The summed E-state index contributed by atoms with van der Waals surface area (Å²) in [6, 6.07) is 13.0. The number of ether oxygens (including phenoxy) is 3. The number of halogens is 1. The first-order chi connectivity index (χ1) is 12.5. The van der Waals surface area contributed by atoms with Gasteiger partial charge in [0.25, 0.3) is 0 Å². The molecule has 0 saturated carbocycles. The van der Waals surface area contributed by atoms with Crippen LogP contribution >= 0.6 is 15.9 Å². The number of hydrogen-bond acceptors (Lipinski definition) is 4. The Labute approximate surface area is 162 Å². The lowest BCUT2D eigenvalue weighted by Crippen LogP contribution is -2.27. The van der Waals surface area contributed by atoms with Gasteiger partial charge in [0.15, 0.2) is 0 Å². The second-order valence-electron chi connectivity index (χ2n) is 5.80. The minimum Gasteiger partial charge on any atom is -0.497 e. The highest BCUT2D eigenvalue weighted by Gasteiger charge is 2.15. The molecule has 0 spiro atoms. The Morgan fingerprint density at radius 1 is 1.08 bits per heavy atom. The van der Waals surface area contributed by atoms with Crippen LogP contribution in [-0.4, -0.2) is 26.7 Å². The molecule has 0 aromatic heterocycles. The van der Waals surface area contributed by atoms with Gasteiger partial charge in [-0.1, -0.05) is 15.9 Å². The Bertz CT molecular complexity index is 718. The van der Waals surface area contributed by atoms with Crippen molar-refractivity contribution in [1.29, 1.82) is 0 Å². The van der Waals surface area contributed by atoms with Crippen LogP contribution in [0.4, 0.5) is 0 Å². The van der Waals surface area contributed by atoms with Crippen LogP contribution in [0.3, 0.4) is 0 Å². The van der Waals surface area contributed by atoms with Crippen molar-refractivity contribution in [2.45, 2.75) is 25.8 Å². The van der Waals surface area contributed by atoms with Crippen molar-refractivity contribution in [2.75, 3.05) is 20.8 Å². The third-order valence-electron chi connectivity index (χ3n) is 3.91. The van der Waals surface area contributed by atoms with Gasteiger partial charge in [-0.25, -0.2) is 0 Å². The Hall–Kier alpha value is -2.21. The minimum atomic E-state index is -0.181. The molecule has 1 N–H and O–H groups in total. The molecule has 2 rings (SSSR count). The SMILES string of the molecule is COc1ccc(OC)c([C@H](C)NC(=O)CCCOc2ccc(Br)cc2)c1. The Morgan fingerprint density at radius 2 is 1.77 bits per heavy atom. The van der Waals surface area contributed by atoms with Crippen LogP contribution in [0.15, 0.2) is 46.9 Å². The molecule has 140 valence electrons. The number of methoxy groups -OCH3 is 2. The lowest BCUT2D eigenvalue weighted by Gasteiger charge is -2.18. The van der Waals surface area contributed by atoms with Crippen LogP contribution in [0.25, 0.3) is 0 Å². The topological polar surface area (TPSA) is 56.8 Å². The van der Waals surface area contributed by atoms with Gasteiger partial charge in [0.2, 0.25) is 5.91 Å². The van der Waals surface area contributed by atoms with Crippen LogP contribution in [0.2, 0.25) is 0 Å². The molecule has 0 saturated heterocycles. The normalized spacial score (nSPS) is 11.5. The zero-order valence-corrected chi connectivity index (χ0v) is 16.8. The summed E-state index contributed by atoms with van der Waals surface area (Å²) < 4.78 is 17.3. The molecule has 0 radical (unpaired) electrons. The third kappa shape index (κ3) is 5.95. The first kappa shape index (κ1) is 20.1. The smallest absolute Gasteiger partial charge is 0.220 e. The van der Waals surface area contributed by atoms with Gasteiger partial charge in [-0.3, -0.25) is 4.79 Å². The number of carbonyl (C=O) groups is 1. The van der Waals surface area contributed by atoms with E-state index in [-0.39, 0.29) is 11.9 Å². The number of amides is 1. The second kappa shape index (κ2) is 10.1. The van der Waals surface area contributed by atoms with E-state index < -0.39 is 0 Å². The summed E-state index contributed by atoms with van der Waals surface area (Å²) in [4.78, 5) is 12.2. The fourth-order valence-electron chi connectivity index (χ4n) is 2.52. The van der Waals surface area contributed by atoms with E-state index in [4.69, 9.17) is 14.2 Å². The number of nitrogens with one attached hydrogen (secondary N) is 1. The molecule has 0 fully saturated rings. The van der Waals surface area contributed by atoms with Crippen molar-refractivity contribution in [1.82, 2.24) is 5.32 Å². The molecule has 2 aromatic carbocycles. The van der Waals surface area contributed by atoms with E-state index in [9.17, 15) is 4.79 Å². The number of hydrogen-bond donors (Lipinski definition) is 1. The molecule has 1 amide bonds. The summed E-state index contributed by atoms with van der Waals surface area (Å²) >= 11 is 3.38. The Kier molecular flexibility index (Phi) is 7.78. The Morgan fingerprint density at radius 3 is 2.42 bits per heavy atom. The van der Waals surface area contributed by atoms with E-state index in [1.54, 1.807) is 14.2 Å². The number of rotatable bonds is 9. The van der Waals surface area contributed by atoms with Gasteiger partial charge in [-0.15, -0.1) is 0 Å². The van der Waals surface area contributed by atoms with Crippen molar-refractivity contribution in [3.8, 4) is 17.2 Å². The fourth-order valence-corrected chi connectivity index (χ4v) is 2.79. The maximum absolute atomic E-state index is 12.2. The zero-order valence-electron chi connectivity index (χ0n) is 15.3. The fraction of sp³-hybridized carbons (Fsp3) is 0.350. The van der Waals surface area contributed by atoms with E-state index in [1.165, 1.54) is 0 Å². The van der Waals surface area contributed by atoms with Gasteiger partial charge in [-0.05, 0) is 55.8 Å². The van der Waals surface area contributed by atoms with Crippen LogP contribution in [0.1, 0.15) is 31.4 Å². The first-order valence-corrected chi connectivity index (χ1v) is 9.22. The van der Waals surface area contributed by atoms with E-state index in [0.717, 1.165) is 27.3 Å². The van der Waals surface area contributed by atoms with Crippen LogP contribution in [0, 0.1) is 0 Å². The largest absolute Gasteiger partial charge is 0.497 e. The van der Waals surface area contributed by atoms with Crippen molar-refractivity contribution < 1.29 is 19.0 Å². The van der Waals surface area contributed by atoms with E-state index in [1.807, 2.05) is 49.4 Å². The lowest BCUT2D eigenvalue weighted by atomic mass is 10.1. The molecule has 0 bridgehead atoms. The van der Waals surface area contributed by atoms with Crippen molar-refractivity contribution in [3.05, 3.63) is 52.5 Å². The van der Waals surface area contributed by atoms with Crippen LogP contribution in [0.5, 0.6) is 17.2 Å². The van der Waals surface area contributed by atoms with E-state index in [2.05, 4.69) is 21.2 Å². The van der Waals surface area contributed by atoms with Gasteiger partial charge in [0.1, 0.15) is 17.2 Å². The maximum atomic E-state index is 12.2. The summed E-state index contributed by atoms with van der Waals surface area (Å²) in [6.45, 7) is 2.42. The van der Waals surface area contributed by atoms with Gasteiger partial charge >= 0.3 is 0 Å². The highest BCUT2D eigenvalue weighted by atomic mass is 79.9. The highest BCUT2D eigenvalue weighted by Crippen LogP contribution is 2.29. The van der Waals surface area contributed by atoms with Crippen LogP contribution in [-0.2, 0) is 4.79 Å². The summed E-state index contributed by atoms with van der Waals surface area (Å²) in [6.07, 6.45) is 1.04. The molecule has 0 heterocycles. The first-order valence-electron chi connectivity index (χ1n) is 8.43. The van der Waals surface area contributed by atoms with Crippen molar-refractivity contribution in [3.63, 3.8) is 0 Å². The summed E-state index contributed by atoms with van der Waals surface area (Å²) in [7, 11) is 3.22. The molecule has 0 aliphatic carbocycles. The molecule has 6 heteroatoms. The average molecular weight is 422 g/mol. The minimum absolute atomic E-state index is 0.0261. The molecule has 26 heavy (non-hydrogen) atoms. The van der Waals surface area contributed by atoms with Gasteiger partial charge in [-0.2, -0.15) is 0 Å². The highest BCUT2D eigenvalue weighted by molar-refractivity contribution is 9.10. The molecule has 0 unspecified atom stereocenters. The Balaban J connectivity index is 1.80. The lowest BCUT2D eigenvalue weighted by molar-refractivity contribution is -0.121. The van der Waals surface area contributed by atoms with Gasteiger partial charge in [0, 0.05) is 16.5 Å². The number of carbonyl (C=O) groups excluding carboxylic acids is 1. The molecular formula is C20H24BrNO4. The predicted molar refractivity (Wildman–Crippen MR) is 105 cm³/mol. The summed E-state index contributed by atoms with van der Waals surface area (Å²) in [5, 5.41) is 2.99. The standard InChI is InChI=1S/C20H24BrNO4/c1-14(18-13-17(24-2)10-11-19(18)25-3)22-20(23)5-4-12-26-16-8-6-15(21)7-9-16/h6-11,13-14H,4-5,12H2,1-3H3,(H,22,23)/t14-/m0/s1. The van der Waals surface area contributed by atoms with Gasteiger partial charge < -0.3 is 19.5 Å². The molecular weight excluding hydrogens is 398 g/mol. The second-order valence-corrected chi connectivity index (χ2v) is 6.72. The van der Waals surface area contributed by atoms with E-state index in [0.29, 0.717) is 19.4 Å². The van der Waals surface area contributed by atoms with Gasteiger partial charge in [0.05, 0.1) is 26.9 Å². The molecule has 5 nitrogen and oxygen atoms in total. The van der Waals surface area contributed by atoms with Crippen LogP contribution < -0.4 is 19.5 Å². The number of benzene rings is 2. The summed E-state index contributed by atoms with van der Waals surface area (Å²) in [5.41, 5.74) is 0.881. The molecule has 0 aliphatic heterocycles. The molecule has 1 atom stereocenters. The molecule has 0 aliphatic rings.